The summed E-state index contributed by atoms with van der Waals surface area (Å²) >= 11 is 1.15. The largest absolute Gasteiger partial charge is 0.479 e. The van der Waals surface area contributed by atoms with Crippen LogP contribution in [0.1, 0.15) is 16.1 Å². The zero-order chi connectivity index (χ0) is 16.6. The van der Waals surface area contributed by atoms with Crippen molar-refractivity contribution in [3.63, 3.8) is 0 Å². The lowest BCUT2D eigenvalue weighted by Crippen LogP contribution is -2.55. The van der Waals surface area contributed by atoms with Crippen LogP contribution in [0.3, 0.4) is 0 Å². The maximum atomic E-state index is 12.3. The van der Waals surface area contributed by atoms with Gasteiger partial charge in [-0.2, -0.15) is 0 Å². The Labute approximate surface area is 133 Å². The molecule has 0 bridgehead atoms. The molecule has 2 heterocycles. The molecule has 2 N–H and O–H groups in total. The summed E-state index contributed by atoms with van der Waals surface area (Å²) in [6, 6.07) is 5.84. The zero-order valence-corrected chi connectivity index (χ0v) is 12.6. The predicted molar refractivity (Wildman–Crippen MR) is 81.7 cm³/mol. The van der Waals surface area contributed by atoms with E-state index in [1.807, 2.05) is 0 Å². The Hall–Kier alpha value is -2.52. The molecular formula is C14H12N2O6S. The molecular weight excluding hydrogens is 324 g/mol. The topological polar surface area (TPSA) is 119 Å². The third-order valence-corrected chi connectivity index (χ3v) is 4.83. The molecule has 1 saturated heterocycles. The van der Waals surface area contributed by atoms with Gasteiger partial charge < -0.3 is 15.2 Å². The van der Waals surface area contributed by atoms with Crippen molar-refractivity contribution in [2.24, 2.45) is 0 Å². The highest BCUT2D eigenvalue weighted by Crippen LogP contribution is 2.29. The number of hydrogen-bond acceptors (Lipinski definition) is 6. The summed E-state index contributed by atoms with van der Waals surface area (Å²) in [5, 5.41) is 23.2. The van der Waals surface area contributed by atoms with Crippen LogP contribution < -0.4 is 5.32 Å². The smallest absolute Gasteiger partial charge is 0.331 e. The lowest BCUT2D eigenvalue weighted by Gasteiger charge is -2.23. The van der Waals surface area contributed by atoms with Crippen molar-refractivity contribution in [1.29, 1.82) is 0 Å². The Kier molecular flexibility index (Phi) is 3.74. The molecule has 0 radical (unpaired) electrons. The molecule has 0 saturated carbocycles. The third-order valence-electron chi connectivity index (χ3n) is 3.72. The molecule has 0 aliphatic carbocycles. The van der Waals surface area contributed by atoms with E-state index < -0.39 is 22.3 Å². The number of fused-ring (bicyclic) bond motifs is 1. The summed E-state index contributed by atoms with van der Waals surface area (Å²) in [6.07, 6.45) is 0.199. The number of ether oxygens (including phenoxy) is 1. The highest BCUT2D eigenvalue weighted by atomic mass is 32.1. The highest BCUT2D eigenvalue weighted by Gasteiger charge is 2.44. The fourth-order valence-electron chi connectivity index (χ4n) is 2.42. The standard InChI is InChI=1S/C14H12N2O6S/c17-12(15-14(13(18)19)3-4-22-7-14)11-6-8-5-9(16(20)21)1-2-10(8)23-11/h1-2,5-6H,3-4,7H2,(H,15,17)(H,18,19). The number of nitrogens with zero attached hydrogens (tertiary/aromatic N) is 1. The van der Waals surface area contributed by atoms with Crippen LogP contribution >= 0.6 is 11.3 Å². The van der Waals surface area contributed by atoms with Crippen molar-refractivity contribution in [2.45, 2.75) is 12.0 Å². The molecule has 1 aromatic heterocycles. The fourth-order valence-corrected chi connectivity index (χ4v) is 3.36. The van der Waals surface area contributed by atoms with Gasteiger partial charge in [-0.15, -0.1) is 11.3 Å². The van der Waals surface area contributed by atoms with E-state index in [1.165, 1.54) is 18.2 Å². The van der Waals surface area contributed by atoms with Crippen molar-refractivity contribution >= 4 is 39.0 Å². The maximum absolute atomic E-state index is 12.3. The van der Waals surface area contributed by atoms with Crippen molar-refractivity contribution < 1.29 is 24.4 Å². The molecule has 1 aliphatic heterocycles. The summed E-state index contributed by atoms with van der Waals surface area (Å²) in [7, 11) is 0. The van der Waals surface area contributed by atoms with Crippen molar-refractivity contribution in [3.05, 3.63) is 39.3 Å². The summed E-state index contributed by atoms with van der Waals surface area (Å²) < 4.78 is 5.81. The number of nitrogens with one attached hydrogen (secondary N) is 1. The zero-order valence-electron chi connectivity index (χ0n) is 11.8. The molecule has 8 nitrogen and oxygen atoms in total. The first-order chi connectivity index (χ1) is 10.9. The number of hydrogen-bond donors (Lipinski definition) is 2. The third kappa shape index (κ3) is 2.76. The molecule has 1 fully saturated rings. The van der Waals surface area contributed by atoms with Crippen LogP contribution in [-0.2, 0) is 9.53 Å². The number of nitro benzene ring substituents is 1. The normalized spacial score (nSPS) is 20.5. The Morgan fingerprint density at radius 3 is 2.78 bits per heavy atom. The minimum absolute atomic E-state index is 0.0616. The number of carbonyl (C=O) groups excluding carboxylic acids is 1. The Bertz CT molecular complexity index is 809. The van der Waals surface area contributed by atoms with Gasteiger partial charge in [0.2, 0.25) is 0 Å². The number of aliphatic carboxylic acids is 1. The summed E-state index contributed by atoms with van der Waals surface area (Å²) in [5.74, 6) is -1.66. The molecule has 120 valence electrons. The summed E-state index contributed by atoms with van der Waals surface area (Å²) in [4.78, 5) is 34.3. The molecule has 1 atom stereocenters. The monoisotopic (exact) mass is 336 g/mol. The van der Waals surface area contributed by atoms with Gasteiger partial charge in [-0.3, -0.25) is 14.9 Å². The van der Waals surface area contributed by atoms with Gasteiger partial charge in [0.25, 0.3) is 11.6 Å². The molecule has 9 heteroatoms. The molecule has 23 heavy (non-hydrogen) atoms. The molecule has 1 amide bonds. The van der Waals surface area contributed by atoms with Crippen LogP contribution in [0.4, 0.5) is 5.69 Å². The van der Waals surface area contributed by atoms with E-state index in [0.29, 0.717) is 15.0 Å². The number of thiophene rings is 1. The fraction of sp³-hybridized carbons (Fsp3) is 0.286. The van der Waals surface area contributed by atoms with E-state index in [2.05, 4.69) is 5.32 Å². The van der Waals surface area contributed by atoms with Crippen LogP contribution in [-0.4, -0.2) is 40.7 Å². The van der Waals surface area contributed by atoms with Crippen molar-refractivity contribution in [3.8, 4) is 0 Å². The number of carboxylic acid groups (broad SMARTS) is 1. The van der Waals surface area contributed by atoms with E-state index in [4.69, 9.17) is 4.74 Å². The number of amides is 1. The first-order valence-corrected chi connectivity index (χ1v) is 7.55. The molecule has 3 rings (SSSR count). The SMILES string of the molecule is O=C(NC1(C(=O)O)CCOC1)c1cc2cc([N+](=O)[O-])ccc2s1. The van der Waals surface area contributed by atoms with Gasteiger partial charge in [0.15, 0.2) is 5.54 Å². The van der Waals surface area contributed by atoms with E-state index in [9.17, 15) is 24.8 Å². The molecule has 1 unspecified atom stereocenters. The second-order valence-electron chi connectivity index (χ2n) is 5.23. The highest BCUT2D eigenvalue weighted by molar-refractivity contribution is 7.20. The number of carbonyl (C=O) groups is 2. The van der Waals surface area contributed by atoms with Gasteiger partial charge >= 0.3 is 5.97 Å². The van der Waals surface area contributed by atoms with E-state index >= 15 is 0 Å². The first kappa shape index (κ1) is 15.4. The van der Waals surface area contributed by atoms with E-state index in [1.54, 1.807) is 6.07 Å². The average Bonchev–Trinajstić information content (AvgIpc) is 3.13. The average molecular weight is 336 g/mol. The van der Waals surface area contributed by atoms with E-state index in [-0.39, 0.29) is 25.3 Å². The lowest BCUT2D eigenvalue weighted by atomic mass is 9.99. The van der Waals surface area contributed by atoms with Crippen LogP contribution in [0.2, 0.25) is 0 Å². The second-order valence-corrected chi connectivity index (χ2v) is 6.32. The molecule has 0 spiro atoms. The van der Waals surface area contributed by atoms with Gasteiger partial charge in [-0.1, -0.05) is 0 Å². The van der Waals surface area contributed by atoms with Gasteiger partial charge in [0.05, 0.1) is 16.4 Å². The maximum Gasteiger partial charge on any atom is 0.331 e. The Morgan fingerprint density at radius 2 is 2.17 bits per heavy atom. The van der Waals surface area contributed by atoms with Crippen molar-refractivity contribution in [1.82, 2.24) is 5.32 Å². The number of carboxylic acids is 1. The predicted octanol–water partition coefficient (Wildman–Crippen LogP) is 1.78. The first-order valence-electron chi connectivity index (χ1n) is 6.73. The molecule has 1 aromatic carbocycles. The van der Waals surface area contributed by atoms with Crippen LogP contribution in [0.15, 0.2) is 24.3 Å². The van der Waals surface area contributed by atoms with Crippen LogP contribution in [0.25, 0.3) is 10.1 Å². The number of benzene rings is 1. The summed E-state index contributed by atoms with van der Waals surface area (Å²) in [5.41, 5.74) is -1.48. The van der Waals surface area contributed by atoms with Gasteiger partial charge in [-0.25, -0.2) is 4.79 Å². The Morgan fingerprint density at radius 1 is 1.39 bits per heavy atom. The quantitative estimate of drug-likeness (QED) is 0.649. The molecule has 1 aliphatic rings. The lowest BCUT2D eigenvalue weighted by molar-refractivity contribution is -0.384. The van der Waals surface area contributed by atoms with Crippen LogP contribution in [0.5, 0.6) is 0 Å². The van der Waals surface area contributed by atoms with Crippen LogP contribution in [0, 0.1) is 10.1 Å². The Balaban J connectivity index is 1.89. The van der Waals surface area contributed by atoms with Gasteiger partial charge in [0.1, 0.15) is 0 Å². The number of non-ortho nitro benzene ring substituents is 1. The van der Waals surface area contributed by atoms with E-state index in [0.717, 1.165) is 11.3 Å². The molecule has 2 aromatic rings. The van der Waals surface area contributed by atoms with Gasteiger partial charge in [0, 0.05) is 35.2 Å². The number of nitro groups is 1. The number of rotatable bonds is 4. The minimum Gasteiger partial charge on any atom is -0.479 e. The summed E-state index contributed by atoms with van der Waals surface area (Å²) in [6.45, 7) is 0.190. The van der Waals surface area contributed by atoms with Crippen molar-refractivity contribution in [2.75, 3.05) is 13.2 Å². The van der Waals surface area contributed by atoms with Gasteiger partial charge in [-0.05, 0) is 12.1 Å². The minimum atomic E-state index is -1.42. The second kappa shape index (κ2) is 5.60.